The van der Waals surface area contributed by atoms with E-state index < -0.39 is 11.4 Å². The quantitative estimate of drug-likeness (QED) is 0.478. The van der Waals surface area contributed by atoms with E-state index in [0.717, 1.165) is 12.8 Å². The van der Waals surface area contributed by atoms with Crippen molar-refractivity contribution < 1.29 is 9.18 Å². The Bertz CT molecular complexity index is 1140. The molecule has 8 heteroatoms. The van der Waals surface area contributed by atoms with Crippen molar-refractivity contribution in [2.24, 2.45) is 5.92 Å². The molecule has 0 saturated heterocycles. The van der Waals surface area contributed by atoms with Crippen molar-refractivity contribution in [3.8, 4) is 11.3 Å². The third-order valence-electron chi connectivity index (χ3n) is 4.77. The van der Waals surface area contributed by atoms with Crippen LogP contribution >= 0.6 is 11.6 Å². The van der Waals surface area contributed by atoms with Gasteiger partial charge >= 0.3 is 0 Å². The lowest BCUT2D eigenvalue weighted by molar-refractivity contribution is 0.101. The number of hydrogen-bond donors (Lipinski definition) is 1. The molecule has 0 atom stereocenters. The summed E-state index contributed by atoms with van der Waals surface area (Å²) < 4.78 is 14.8. The van der Waals surface area contributed by atoms with Gasteiger partial charge in [-0.3, -0.25) is 9.59 Å². The number of halogens is 2. The zero-order valence-corrected chi connectivity index (χ0v) is 16.4. The minimum Gasteiger partial charge on any atom is -0.348 e. The number of benzene rings is 1. The zero-order chi connectivity index (χ0) is 20.5. The number of ketones is 1. The molecule has 29 heavy (non-hydrogen) atoms. The highest BCUT2D eigenvalue weighted by molar-refractivity contribution is 6.32. The second-order valence-corrected chi connectivity index (χ2v) is 7.42. The molecule has 0 aliphatic heterocycles. The summed E-state index contributed by atoms with van der Waals surface area (Å²) in [6.07, 6.45) is 3.60. The van der Waals surface area contributed by atoms with E-state index in [4.69, 9.17) is 11.6 Å². The Morgan fingerprint density at radius 1 is 1.28 bits per heavy atom. The molecule has 4 rings (SSSR count). The number of aromatic nitrogens is 3. The second-order valence-electron chi connectivity index (χ2n) is 7.06. The molecule has 1 fully saturated rings. The Morgan fingerprint density at radius 3 is 2.62 bits per heavy atom. The van der Waals surface area contributed by atoms with Crippen LogP contribution in [0.1, 0.15) is 30.1 Å². The maximum Gasteiger partial charge on any atom is 0.291 e. The predicted molar refractivity (Wildman–Crippen MR) is 109 cm³/mol. The average Bonchev–Trinajstić information content (AvgIpc) is 3.51. The van der Waals surface area contributed by atoms with Gasteiger partial charge in [0, 0.05) is 18.3 Å². The SMILES string of the molecule is CC(=O)c1c(-c2ccc(F)cc2)nn(CC2CC2)c(=O)c1Nc1cccnc1Cl. The van der Waals surface area contributed by atoms with Crippen molar-refractivity contribution in [2.45, 2.75) is 26.3 Å². The first kappa shape index (κ1) is 19.3. The van der Waals surface area contributed by atoms with Gasteiger partial charge in [0.25, 0.3) is 5.56 Å². The van der Waals surface area contributed by atoms with Crippen LogP contribution in [0.25, 0.3) is 11.3 Å². The van der Waals surface area contributed by atoms with Gasteiger partial charge in [0.15, 0.2) is 10.9 Å². The molecule has 2 heterocycles. The van der Waals surface area contributed by atoms with Gasteiger partial charge in [-0.25, -0.2) is 14.1 Å². The zero-order valence-electron chi connectivity index (χ0n) is 15.7. The van der Waals surface area contributed by atoms with Gasteiger partial charge in [-0.15, -0.1) is 0 Å². The minimum atomic E-state index is -0.409. The normalized spacial score (nSPS) is 13.3. The van der Waals surface area contributed by atoms with Gasteiger partial charge in [0.2, 0.25) is 0 Å². The molecule has 1 aliphatic rings. The Balaban J connectivity index is 1.94. The first-order valence-corrected chi connectivity index (χ1v) is 9.61. The van der Waals surface area contributed by atoms with Crippen LogP contribution in [0, 0.1) is 11.7 Å². The molecule has 2 aromatic heterocycles. The minimum absolute atomic E-state index is 0.0855. The molecular weight excluding hydrogens is 395 g/mol. The van der Waals surface area contributed by atoms with E-state index in [9.17, 15) is 14.0 Å². The summed E-state index contributed by atoms with van der Waals surface area (Å²) >= 11 is 6.14. The Morgan fingerprint density at radius 2 is 2.00 bits per heavy atom. The maximum atomic E-state index is 13.4. The first-order valence-electron chi connectivity index (χ1n) is 9.23. The van der Waals surface area contributed by atoms with Crippen molar-refractivity contribution >= 4 is 28.8 Å². The Hall–Kier alpha value is -3.06. The first-order chi connectivity index (χ1) is 13.9. The standard InChI is InChI=1S/C21H18ClFN4O2/c1-12(28)17-18(14-6-8-15(23)9-7-14)26-27(11-13-4-5-13)21(29)19(17)25-16-3-2-10-24-20(16)22/h2-3,6-10,13,25H,4-5,11H2,1H3. The van der Waals surface area contributed by atoms with Crippen LogP contribution in [0.4, 0.5) is 15.8 Å². The topological polar surface area (TPSA) is 76.9 Å². The van der Waals surface area contributed by atoms with E-state index in [2.05, 4.69) is 15.4 Å². The third kappa shape index (κ3) is 4.05. The summed E-state index contributed by atoms with van der Waals surface area (Å²) in [6.45, 7) is 1.82. The summed E-state index contributed by atoms with van der Waals surface area (Å²) in [6, 6.07) is 9.01. The highest BCUT2D eigenvalue weighted by Gasteiger charge is 2.27. The number of hydrogen-bond acceptors (Lipinski definition) is 5. The second kappa shape index (κ2) is 7.75. The molecule has 0 bridgehead atoms. The molecule has 0 radical (unpaired) electrons. The van der Waals surface area contributed by atoms with Crippen LogP contribution < -0.4 is 10.9 Å². The number of nitrogens with one attached hydrogen (secondary N) is 1. The smallest absolute Gasteiger partial charge is 0.291 e. The Labute approximate surface area is 171 Å². The molecule has 1 aliphatic carbocycles. The average molecular weight is 413 g/mol. The van der Waals surface area contributed by atoms with Crippen molar-refractivity contribution in [3.05, 3.63) is 69.5 Å². The van der Waals surface area contributed by atoms with E-state index in [0.29, 0.717) is 29.4 Å². The van der Waals surface area contributed by atoms with Gasteiger partial charge in [-0.1, -0.05) is 11.6 Å². The molecule has 0 unspecified atom stereocenters. The van der Waals surface area contributed by atoms with E-state index in [-0.39, 0.29) is 22.2 Å². The molecule has 1 saturated carbocycles. The van der Waals surface area contributed by atoms with Crippen LogP contribution in [-0.2, 0) is 6.54 Å². The van der Waals surface area contributed by atoms with Crippen LogP contribution in [0.5, 0.6) is 0 Å². The van der Waals surface area contributed by atoms with E-state index in [1.165, 1.54) is 42.1 Å². The summed E-state index contributed by atoms with van der Waals surface area (Å²) in [5, 5.41) is 7.63. The summed E-state index contributed by atoms with van der Waals surface area (Å²) in [7, 11) is 0. The van der Waals surface area contributed by atoms with Crippen LogP contribution in [-0.4, -0.2) is 20.5 Å². The van der Waals surface area contributed by atoms with E-state index in [1.807, 2.05) is 0 Å². The monoisotopic (exact) mass is 412 g/mol. The fraction of sp³-hybridized carbons (Fsp3) is 0.238. The van der Waals surface area contributed by atoms with E-state index in [1.54, 1.807) is 12.1 Å². The number of anilines is 2. The number of pyridine rings is 1. The molecule has 6 nitrogen and oxygen atoms in total. The fourth-order valence-corrected chi connectivity index (χ4v) is 3.29. The van der Waals surface area contributed by atoms with Crippen molar-refractivity contribution in [1.29, 1.82) is 0 Å². The molecule has 1 N–H and O–H groups in total. The highest BCUT2D eigenvalue weighted by Crippen LogP contribution is 2.32. The Kier molecular flexibility index (Phi) is 5.15. The number of rotatable bonds is 6. The van der Waals surface area contributed by atoms with Gasteiger partial charge in [-0.05, 0) is 62.1 Å². The molecule has 148 valence electrons. The lowest BCUT2D eigenvalue weighted by Crippen LogP contribution is -2.29. The summed E-state index contributed by atoms with van der Waals surface area (Å²) in [4.78, 5) is 29.7. The van der Waals surface area contributed by atoms with E-state index >= 15 is 0 Å². The summed E-state index contributed by atoms with van der Waals surface area (Å²) in [5.74, 6) is -0.348. The number of Topliss-reactive ketones (excluding diaryl/α,β-unsaturated/α-hetero) is 1. The van der Waals surface area contributed by atoms with Crippen molar-refractivity contribution in [1.82, 2.24) is 14.8 Å². The van der Waals surface area contributed by atoms with Crippen LogP contribution in [0.15, 0.2) is 47.4 Å². The molecule has 1 aromatic carbocycles. The fourth-order valence-electron chi connectivity index (χ4n) is 3.12. The predicted octanol–water partition coefficient (Wildman–Crippen LogP) is 4.45. The molecular formula is C21H18ClFN4O2. The number of nitrogens with zero attached hydrogens (tertiary/aromatic N) is 3. The van der Waals surface area contributed by atoms with Crippen molar-refractivity contribution in [2.75, 3.05) is 5.32 Å². The van der Waals surface area contributed by atoms with Crippen LogP contribution in [0.2, 0.25) is 5.15 Å². The van der Waals surface area contributed by atoms with Crippen LogP contribution in [0.3, 0.4) is 0 Å². The molecule has 0 amide bonds. The highest BCUT2D eigenvalue weighted by atomic mass is 35.5. The maximum absolute atomic E-state index is 13.4. The lowest BCUT2D eigenvalue weighted by atomic mass is 10.0. The van der Waals surface area contributed by atoms with Crippen molar-refractivity contribution in [3.63, 3.8) is 0 Å². The number of carbonyl (C=O) groups is 1. The lowest BCUT2D eigenvalue weighted by Gasteiger charge is -2.17. The molecule has 0 spiro atoms. The largest absolute Gasteiger partial charge is 0.348 e. The van der Waals surface area contributed by atoms with Gasteiger partial charge < -0.3 is 5.32 Å². The number of carbonyl (C=O) groups excluding carboxylic acids is 1. The van der Waals surface area contributed by atoms with Gasteiger partial charge in [0.05, 0.1) is 11.3 Å². The summed E-state index contributed by atoms with van der Waals surface area (Å²) in [5.41, 5.74) is 1.08. The van der Waals surface area contributed by atoms with Gasteiger partial charge in [-0.2, -0.15) is 5.10 Å². The molecule has 3 aromatic rings. The third-order valence-corrected chi connectivity index (χ3v) is 5.07. The van der Waals surface area contributed by atoms with Gasteiger partial charge in [0.1, 0.15) is 17.2 Å².